The molecule has 1 aromatic heterocycles. The molecule has 0 spiro atoms. The molecule has 0 radical (unpaired) electrons. The molecule has 0 bridgehead atoms. The Bertz CT molecular complexity index is 1150. The van der Waals surface area contributed by atoms with Crippen LogP contribution in [0.1, 0.15) is 30.0 Å². The molecular formula is C25H25ClN2O2. The minimum atomic E-state index is -0.222. The standard InChI is InChI=1S/C25H25ClN2O2/c1-17-8-11-22(16-18(17)2)29-15-14-28-24-7-5-4-6-23(24)27-25(28)19(3)30-21-12-9-20(26)10-13-21/h4-13,16,19H,14-15H2,1-3H3. The van der Waals surface area contributed by atoms with Crippen LogP contribution in [0.15, 0.2) is 66.7 Å². The number of imidazole rings is 1. The van der Waals surface area contributed by atoms with Crippen LogP contribution in [0.2, 0.25) is 5.02 Å². The van der Waals surface area contributed by atoms with Crippen molar-refractivity contribution in [1.82, 2.24) is 9.55 Å². The lowest BCUT2D eigenvalue weighted by atomic mass is 10.1. The van der Waals surface area contributed by atoms with E-state index in [0.717, 1.165) is 28.4 Å². The van der Waals surface area contributed by atoms with Crippen LogP contribution in [0.3, 0.4) is 0 Å². The van der Waals surface area contributed by atoms with Gasteiger partial charge in [-0.3, -0.25) is 0 Å². The summed E-state index contributed by atoms with van der Waals surface area (Å²) in [4.78, 5) is 4.83. The van der Waals surface area contributed by atoms with Crippen LogP contribution in [0.25, 0.3) is 11.0 Å². The number of rotatable bonds is 7. The number of aryl methyl sites for hydroxylation is 2. The van der Waals surface area contributed by atoms with Crippen molar-refractivity contribution in [3.8, 4) is 11.5 Å². The second kappa shape index (κ2) is 8.80. The van der Waals surface area contributed by atoms with Crippen molar-refractivity contribution in [3.63, 3.8) is 0 Å². The fraction of sp³-hybridized carbons (Fsp3) is 0.240. The molecule has 0 aliphatic carbocycles. The third-order valence-corrected chi connectivity index (χ3v) is 5.49. The molecule has 0 N–H and O–H groups in total. The highest BCUT2D eigenvalue weighted by atomic mass is 35.5. The largest absolute Gasteiger partial charge is 0.492 e. The summed E-state index contributed by atoms with van der Waals surface area (Å²) in [5.41, 5.74) is 4.51. The fourth-order valence-electron chi connectivity index (χ4n) is 3.47. The molecular weight excluding hydrogens is 396 g/mol. The molecule has 4 nitrogen and oxygen atoms in total. The number of para-hydroxylation sites is 2. The van der Waals surface area contributed by atoms with E-state index >= 15 is 0 Å². The average molecular weight is 421 g/mol. The molecule has 0 aliphatic heterocycles. The zero-order chi connectivity index (χ0) is 21.1. The Morgan fingerprint density at radius 3 is 2.43 bits per heavy atom. The summed E-state index contributed by atoms with van der Waals surface area (Å²) in [6, 6.07) is 21.7. The van der Waals surface area contributed by atoms with E-state index in [4.69, 9.17) is 26.1 Å². The highest BCUT2D eigenvalue weighted by Crippen LogP contribution is 2.26. The normalized spacial score (nSPS) is 12.1. The number of fused-ring (bicyclic) bond motifs is 1. The average Bonchev–Trinajstić information content (AvgIpc) is 3.11. The van der Waals surface area contributed by atoms with E-state index in [1.807, 2.05) is 55.5 Å². The predicted molar refractivity (Wildman–Crippen MR) is 122 cm³/mol. The molecule has 3 aromatic carbocycles. The van der Waals surface area contributed by atoms with Crippen LogP contribution in [-0.4, -0.2) is 16.2 Å². The van der Waals surface area contributed by atoms with Crippen molar-refractivity contribution >= 4 is 22.6 Å². The van der Waals surface area contributed by atoms with Crippen molar-refractivity contribution < 1.29 is 9.47 Å². The van der Waals surface area contributed by atoms with E-state index in [-0.39, 0.29) is 6.10 Å². The van der Waals surface area contributed by atoms with E-state index in [9.17, 15) is 0 Å². The maximum Gasteiger partial charge on any atom is 0.153 e. The molecule has 0 saturated carbocycles. The molecule has 154 valence electrons. The third-order valence-electron chi connectivity index (χ3n) is 5.24. The Morgan fingerprint density at radius 2 is 1.67 bits per heavy atom. The first-order chi connectivity index (χ1) is 14.5. The smallest absolute Gasteiger partial charge is 0.153 e. The first-order valence-corrected chi connectivity index (χ1v) is 10.5. The lowest BCUT2D eigenvalue weighted by Gasteiger charge is -2.17. The highest BCUT2D eigenvalue weighted by molar-refractivity contribution is 6.30. The number of ether oxygens (including phenoxy) is 2. The Morgan fingerprint density at radius 1 is 0.933 bits per heavy atom. The Labute approximate surface area is 182 Å². The van der Waals surface area contributed by atoms with E-state index < -0.39 is 0 Å². The Hall–Kier alpha value is -2.98. The predicted octanol–water partition coefficient (Wildman–Crippen LogP) is 6.53. The van der Waals surface area contributed by atoms with Gasteiger partial charge < -0.3 is 14.0 Å². The highest BCUT2D eigenvalue weighted by Gasteiger charge is 2.18. The van der Waals surface area contributed by atoms with E-state index in [1.54, 1.807) is 0 Å². The van der Waals surface area contributed by atoms with Crippen LogP contribution in [0.4, 0.5) is 0 Å². The van der Waals surface area contributed by atoms with Gasteiger partial charge in [-0.1, -0.05) is 29.8 Å². The molecule has 4 aromatic rings. The van der Waals surface area contributed by atoms with Crippen molar-refractivity contribution in [3.05, 3.63) is 88.7 Å². The zero-order valence-electron chi connectivity index (χ0n) is 17.4. The first kappa shape index (κ1) is 20.3. The second-order valence-electron chi connectivity index (χ2n) is 7.42. The molecule has 0 aliphatic rings. The van der Waals surface area contributed by atoms with Crippen LogP contribution in [0.5, 0.6) is 11.5 Å². The van der Waals surface area contributed by atoms with Gasteiger partial charge in [0, 0.05) is 5.02 Å². The maximum atomic E-state index is 6.14. The summed E-state index contributed by atoms with van der Waals surface area (Å²) in [5, 5.41) is 0.686. The molecule has 0 amide bonds. The van der Waals surface area contributed by atoms with Gasteiger partial charge in [0.05, 0.1) is 17.6 Å². The molecule has 1 unspecified atom stereocenters. The number of aromatic nitrogens is 2. The summed E-state index contributed by atoms with van der Waals surface area (Å²) in [5.74, 6) is 2.52. The monoisotopic (exact) mass is 420 g/mol. The molecule has 0 saturated heterocycles. The topological polar surface area (TPSA) is 36.3 Å². The third kappa shape index (κ3) is 4.44. The fourth-order valence-corrected chi connectivity index (χ4v) is 3.59. The van der Waals surface area contributed by atoms with Gasteiger partial charge in [-0.15, -0.1) is 0 Å². The molecule has 30 heavy (non-hydrogen) atoms. The van der Waals surface area contributed by atoms with Crippen molar-refractivity contribution in [2.45, 2.75) is 33.4 Å². The van der Waals surface area contributed by atoms with Gasteiger partial charge in [0.2, 0.25) is 0 Å². The lowest BCUT2D eigenvalue weighted by molar-refractivity contribution is 0.207. The van der Waals surface area contributed by atoms with Crippen LogP contribution < -0.4 is 9.47 Å². The lowest BCUT2D eigenvalue weighted by Crippen LogP contribution is -2.15. The van der Waals surface area contributed by atoms with Gasteiger partial charge in [0.25, 0.3) is 0 Å². The summed E-state index contributed by atoms with van der Waals surface area (Å²) < 4.78 is 14.3. The zero-order valence-corrected chi connectivity index (χ0v) is 18.2. The minimum absolute atomic E-state index is 0.222. The minimum Gasteiger partial charge on any atom is -0.492 e. The molecule has 1 heterocycles. The van der Waals surface area contributed by atoms with Gasteiger partial charge in [0.15, 0.2) is 11.9 Å². The van der Waals surface area contributed by atoms with Crippen molar-refractivity contribution in [1.29, 1.82) is 0 Å². The van der Waals surface area contributed by atoms with Crippen LogP contribution >= 0.6 is 11.6 Å². The second-order valence-corrected chi connectivity index (χ2v) is 7.86. The summed E-state index contributed by atoms with van der Waals surface area (Å²) >= 11 is 5.98. The Balaban J connectivity index is 1.55. The van der Waals surface area contributed by atoms with E-state index in [1.165, 1.54) is 11.1 Å². The van der Waals surface area contributed by atoms with Crippen molar-refractivity contribution in [2.75, 3.05) is 6.61 Å². The van der Waals surface area contributed by atoms with E-state index in [0.29, 0.717) is 18.2 Å². The van der Waals surface area contributed by atoms with Gasteiger partial charge in [-0.05, 0) is 80.4 Å². The molecule has 4 rings (SSSR count). The van der Waals surface area contributed by atoms with Gasteiger partial charge >= 0.3 is 0 Å². The quantitative estimate of drug-likeness (QED) is 0.341. The number of hydrogen-bond donors (Lipinski definition) is 0. The van der Waals surface area contributed by atoms with Crippen LogP contribution in [0, 0.1) is 13.8 Å². The van der Waals surface area contributed by atoms with Crippen molar-refractivity contribution in [2.24, 2.45) is 0 Å². The number of nitrogens with zero attached hydrogens (tertiary/aromatic N) is 2. The molecule has 5 heteroatoms. The summed E-state index contributed by atoms with van der Waals surface area (Å²) in [6.45, 7) is 7.43. The van der Waals surface area contributed by atoms with Gasteiger partial charge in [0.1, 0.15) is 18.1 Å². The summed E-state index contributed by atoms with van der Waals surface area (Å²) in [7, 11) is 0. The van der Waals surface area contributed by atoms with Gasteiger partial charge in [-0.2, -0.15) is 0 Å². The molecule has 1 atom stereocenters. The number of halogens is 1. The van der Waals surface area contributed by atoms with E-state index in [2.05, 4.69) is 36.6 Å². The Kier molecular flexibility index (Phi) is 5.96. The maximum absolute atomic E-state index is 6.14. The number of benzene rings is 3. The van der Waals surface area contributed by atoms with Crippen LogP contribution in [-0.2, 0) is 6.54 Å². The molecule has 0 fully saturated rings. The summed E-state index contributed by atoms with van der Waals surface area (Å²) in [6.07, 6.45) is -0.222. The van der Waals surface area contributed by atoms with Gasteiger partial charge in [-0.25, -0.2) is 4.98 Å². The first-order valence-electron chi connectivity index (χ1n) is 10.1. The number of hydrogen-bond acceptors (Lipinski definition) is 3. The SMILES string of the molecule is Cc1ccc(OCCn2c(C(C)Oc3ccc(Cl)cc3)nc3ccccc32)cc1C.